The van der Waals surface area contributed by atoms with Crippen molar-refractivity contribution in [2.45, 2.75) is 98.4 Å². The van der Waals surface area contributed by atoms with E-state index in [1.165, 1.54) is 57.8 Å². The second kappa shape index (κ2) is 7.60. The van der Waals surface area contributed by atoms with Crippen molar-refractivity contribution in [2.75, 3.05) is 0 Å². The molecule has 1 heteroatoms. The third-order valence-corrected chi connectivity index (χ3v) is 9.62. The first-order valence-electron chi connectivity index (χ1n) is 12.4. The fourth-order valence-corrected chi connectivity index (χ4v) is 8.65. The van der Waals surface area contributed by atoms with E-state index in [4.69, 9.17) is 5.73 Å². The number of nitrogens with two attached hydrogens (primary N) is 1. The molecule has 28 heavy (non-hydrogen) atoms. The largest absolute Gasteiger partial charge is 0.325 e. The van der Waals surface area contributed by atoms with Crippen LogP contribution in [0, 0.1) is 46.3 Å². The van der Waals surface area contributed by atoms with Gasteiger partial charge in [-0.3, -0.25) is 0 Å². The van der Waals surface area contributed by atoms with Gasteiger partial charge in [-0.25, -0.2) is 0 Å². The van der Waals surface area contributed by atoms with Gasteiger partial charge < -0.3 is 5.73 Å². The van der Waals surface area contributed by atoms with E-state index < -0.39 is 0 Å². The molecule has 0 aromatic heterocycles. The number of rotatable bonds is 5. The SMILES string of the molecule is CC(N)/C=C\C1CCC23C(=CCC4CCCC(C(C)CC(C)C)C2(C)CC43)C1. The average molecular weight is 384 g/mol. The van der Waals surface area contributed by atoms with E-state index in [0.717, 1.165) is 35.5 Å². The highest BCUT2D eigenvalue weighted by molar-refractivity contribution is 5.35. The van der Waals surface area contributed by atoms with Gasteiger partial charge in [-0.15, -0.1) is 0 Å². The molecule has 3 saturated carbocycles. The van der Waals surface area contributed by atoms with Crippen LogP contribution in [0.15, 0.2) is 23.8 Å². The summed E-state index contributed by atoms with van der Waals surface area (Å²) in [7, 11) is 0. The fraction of sp³-hybridized carbons (Fsp3) is 0.852. The Morgan fingerprint density at radius 2 is 1.96 bits per heavy atom. The maximum atomic E-state index is 6.00. The van der Waals surface area contributed by atoms with Crippen molar-refractivity contribution in [3.8, 4) is 0 Å². The maximum Gasteiger partial charge on any atom is 0.0194 e. The lowest BCUT2D eigenvalue weighted by Crippen LogP contribution is -2.66. The molecule has 2 N–H and O–H groups in total. The normalized spacial score (nSPS) is 44.9. The van der Waals surface area contributed by atoms with Crippen molar-refractivity contribution >= 4 is 0 Å². The quantitative estimate of drug-likeness (QED) is 0.502. The van der Waals surface area contributed by atoms with E-state index >= 15 is 0 Å². The zero-order valence-corrected chi connectivity index (χ0v) is 19.2. The molecule has 0 radical (unpaired) electrons. The second-order valence-corrected chi connectivity index (χ2v) is 11.8. The van der Waals surface area contributed by atoms with Gasteiger partial charge in [0, 0.05) is 11.5 Å². The van der Waals surface area contributed by atoms with Crippen LogP contribution in [0.5, 0.6) is 0 Å². The number of allylic oxidation sites excluding steroid dienone is 3. The van der Waals surface area contributed by atoms with E-state index in [1.807, 2.05) is 5.57 Å². The molecule has 0 aromatic rings. The van der Waals surface area contributed by atoms with Gasteiger partial charge >= 0.3 is 0 Å². The second-order valence-electron chi connectivity index (χ2n) is 11.8. The van der Waals surface area contributed by atoms with Crippen molar-refractivity contribution in [1.82, 2.24) is 0 Å². The summed E-state index contributed by atoms with van der Waals surface area (Å²) in [6.07, 6.45) is 20.3. The third kappa shape index (κ3) is 3.15. The van der Waals surface area contributed by atoms with Gasteiger partial charge in [0.1, 0.15) is 0 Å². The van der Waals surface area contributed by atoms with Gasteiger partial charge in [0.15, 0.2) is 0 Å². The zero-order chi connectivity index (χ0) is 20.1. The Labute approximate surface area is 174 Å². The minimum absolute atomic E-state index is 0.189. The van der Waals surface area contributed by atoms with Gasteiger partial charge in [-0.05, 0) is 99.2 Å². The molecular weight excluding hydrogens is 338 g/mol. The Morgan fingerprint density at radius 1 is 1.18 bits per heavy atom. The Balaban J connectivity index is 1.64. The Kier molecular flexibility index (Phi) is 5.62. The first-order valence-corrected chi connectivity index (χ1v) is 12.4. The molecule has 1 spiro atoms. The van der Waals surface area contributed by atoms with E-state index in [9.17, 15) is 0 Å². The molecule has 3 fully saturated rings. The van der Waals surface area contributed by atoms with E-state index in [2.05, 4.69) is 52.8 Å². The van der Waals surface area contributed by atoms with Gasteiger partial charge in [-0.1, -0.05) is 57.9 Å². The van der Waals surface area contributed by atoms with Gasteiger partial charge in [0.05, 0.1) is 0 Å². The van der Waals surface area contributed by atoms with Gasteiger partial charge in [-0.2, -0.15) is 0 Å². The van der Waals surface area contributed by atoms with Crippen molar-refractivity contribution in [2.24, 2.45) is 52.1 Å². The molecule has 0 aromatic carbocycles. The van der Waals surface area contributed by atoms with Crippen LogP contribution in [0.4, 0.5) is 0 Å². The smallest absolute Gasteiger partial charge is 0.0194 e. The summed E-state index contributed by atoms with van der Waals surface area (Å²) in [5.41, 5.74) is 8.97. The Hall–Kier alpha value is -0.560. The van der Waals surface area contributed by atoms with Crippen molar-refractivity contribution < 1.29 is 0 Å². The van der Waals surface area contributed by atoms with Crippen LogP contribution >= 0.6 is 0 Å². The van der Waals surface area contributed by atoms with Crippen LogP contribution < -0.4 is 5.73 Å². The molecular formula is C27H45N. The summed E-state index contributed by atoms with van der Waals surface area (Å²) in [4.78, 5) is 0. The number of hydrogen-bond donors (Lipinski definition) is 1. The lowest BCUT2D eigenvalue weighted by atomic mass is 9.30. The summed E-state index contributed by atoms with van der Waals surface area (Å²) in [5, 5.41) is 0. The molecule has 0 saturated heterocycles. The lowest BCUT2D eigenvalue weighted by Gasteiger charge is -2.74. The minimum Gasteiger partial charge on any atom is -0.325 e. The highest BCUT2D eigenvalue weighted by atomic mass is 14.7. The van der Waals surface area contributed by atoms with Crippen LogP contribution in [0.2, 0.25) is 0 Å². The van der Waals surface area contributed by atoms with E-state index in [1.54, 1.807) is 0 Å². The van der Waals surface area contributed by atoms with Crippen LogP contribution in [-0.4, -0.2) is 6.04 Å². The van der Waals surface area contributed by atoms with Gasteiger partial charge in [0.2, 0.25) is 0 Å². The first-order chi connectivity index (χ1) is 13.3. The summed E-state index contributed by atoms with van der Waals surface area (Å²) in [6, 6.07) is 0.189. The molecule has 0 aliphatic heterocycles. The van der Waals surface area contributed by atoms with Gasteiger partial charge in [0.25, 0.3) is 0 Å². The minimum atomic E-state index is 0.189. The Morgan fingerprint density at radius 3 is 2.68 bits per heavy atom. The molecule has 8 unspecified atom stereocenters. The van der Waals surface area contributed by atoms with Crippen LogP contribution in [0.25, 0.3) is 0 Å². The molecule has 1 nitrogen and oxygen atoms in total. The summed E-state index contributed by atoms with van der Waals surface area (Å²) >= 11 is 0. The molecule has 158 valence electrons. The lowest BCUT2D eigenvalue weighted by molar-refractivity contribution is -0.208. The number of hydrogen-bond acceptors (Lipinski definition) is 1. The molecule has 4 aliphatic rings. The van der Waals surface area contributed by atoms with Crippen molar-refractivity contribution in [3.05, 3.63) is 23.8 Å². The average Bonchev–Trinajstić information content (AvgIpc) is 2.61. The molecule has 4 rings (SSSR count). The van der Waals surface area contributed by atoms with E-state index in [0.29, 0.717) is 10.8 Å². The Bertz CT molecular complexity index is 628. The van der Waals surface area contributed by atoms with Crippen molar-refractivity contribution in [3.63, 3.8) is 0 Å². The summed E-state index contributed by atoms with van der Waals surface area (Å²) in [5.74, 6) is 5.31. The van der Waals surface area contributed by atoms with Crippen molar-refractivity contribution in [1.29, 1.82) is 0 Å². The predicted molar refractivity (Wildman–Crippen MR) is 121 cm³/mol. The number of fused-ring (bicyclic) bond motifs is 1. The molecule has 4 aliphatic carbocycles. The highest BCUT2D eigenvalue weighted by Crippen LogP contribution is 2.77. The standard InChI is InChI=1S/C27H45N/c1-18(2)15-19(3)24-8-6-7-22-11-12-23-16-21(10-9-20(4)28)13-14-27(23)25(22)17-26(24,27)5/h9-10,12,18-22,24-25H,6-8,11,13-17,28H2,1-5H3/b10-9-. The van der Waals surface area contributed by atoms with E-state index in [-0.39, 0.29) is 6.04 Å². The highest BCUT2D eigenvalue weighted by Gasteiger charge is 2.69. The van der Waals surface area contributed by atoms with Crippen LogP contribution in [-0.2, 0) is 0 Å². The molecule has 0 heterocycles. The zero-order valence-electron chi connectivity index (χ0n) is 19.2. The fourth-order valence-electron chi connectivity index (χ4n) is 8.65. The molecule has 2 bridgehead atoms. The first kappa shape index (κ1) is 20.7. The molecule has 8 atom stereocenters. The predicted octanol–water partition coefficient (Wildman–Crippen LogP) is 7.13. The summed E-state index contributed by atoms with van der Waals surface area (Å²) < 4.78 is 0. The van der Waals surface area contributed by atoms with Crippen LogP contribution in [0.3, 0.4) is 0 Å². The third-order valence-electron chi connectivity index (χ3n) is 9.62. The summed E-state index contributed by atoms with van der Waals surface area (Å²) in [6.45, 7) is 12.2. The monoisotopic (exact) mass is 383 g/mol. The molecule has 0 amide bonds. The topological polar surface area (TPSA) is 26.0 Å². The van der Waals surface area contributed by atoms with Crippen LogP contribution in [0.1, 0.15) is 92.4 Å². The maximum absolute atomic E-state index is 6.00.